The topological polar surface area (TPSA) is 51.6 Å². The van der Waals surface area contributed by atoms with Gasteiger partial charge in [0.05, 0.1) is 25.0 Å². The fourth-order valence-electron chi connectivity index (χ4n) is 1.78. The second-order valence-corrected chi connectivity index (χ2v) is 4.90. The largest absolute Gasteiger partial charge is 0.496 e. The predicted molar refractivity (Wildman–Crippen MR) is 75.6 cm³/mol. The summed E-state index contributed by atoms with van der Waals surface area (Å²) in [5.41, 5.74) is 0.616. The van der Waals surface area contributed by atoms with E-state index in [9.17, 15) is 5.11 Å². The fourth-order valence-corrected chi connectivity index (χ4v) is 2.12. The lowest BCUT2D eigenvalue weighted by molar-refractivity contribution is 0.190. The highest BCUT2D eigenvalue weighted by molar-refractivity contribution is 9.10. The zero-order valence-electron chi connectivity index (χ0n) is 10.6. The van der Waals surface area contributed by atoms with Gasteiger partial charge < -0.3 is 14.6 Å². The average molecular weight is 324 g/mol. The molecule has 0 fully saturated rings. The van der Waals surface area contributed by atoms with E-state index in [1.807, 2.05) is 6.07 Å². The first-order valence-electron chi connectivity index (χ1n) is 5.75. The number of rotatable bonds is 4. The minimum atomic E-state index is -0.689. The van der Waals surface area contributed by atoms with Crippen molar-refractivity contribution in [1.29, 1.82) is 0 Å². The Morgan fingerprint density at radius 2 is 2.00 bits per heavy atom. The van der Waals surface area contributed by atoms with Gasteiger partial charge in [0.1, 0.15) is 17.2 Å². The molecule has 1 N–H and O–H groups in total. The Bertz CT molecular complexity index is 572. The van der Waals surface area contributed by atoms with Gasteiger partial charge in [0.25, 0.3) is 0 Å². The third kappa shape index (κ3) is 3.24. The summed E-state index contributed by atoms with van der Waals surface area (Å²) in [4.78, 5) is 4.03. The van der Waals surface area contributed by atoms with E-state index >= 15 is 0 Å². The van der Waals surface area contributed by atoms with Crippen molar-refractivity contribution in [1.82, 2.24) is 4.98 Å². The van der Waals surface area contributed by atoms with Crippen LogP contribution in [-0.2, 0) is 0 Å². The summed E-state index contributed by atoms with van der Waals surface area (Å²) in [5, 5.41) is 9.86. The highest BCUT2D eigenvalue weighted by Gasteiger charge is 2.16. The molecule has 5 heteroatoms. The third-order valence-electron chi connectivity index (χ3n) is 2.57. The van der Waals surface area contributed by atoms with E-state index < -0.39 is 6.10 Å². The monoisotopic (exact) mass is 323 g/mol. The second kappa shape index (κ2) is 6.04. The van der Waals surface area contributed by atoms with Crippen molar-refractivity contribution in [2.75, 3.05) is 7.11 Å². The van der Waals surface area contributed by atoms with Crippen LogP contribution in [-0.4, -0.2) is 17.2 Å². The van der Waals surface area contributed by atoms with Crippen LogP contribution in [0.15, 0.2) is 41.1 Å². The molecule has 4 nitrogen and oxygen atoms in total. The number of aliphatic hydroxyl groups is 1. The maximum atomic E-state index is 9.86. The number of methoxy groups -OCH3 is 1. The number of hydrogen-bond acceptors (Lipinski definition) is 4. The Morgan fingerprint density at radius 3 is 2.63 bits per heavy atom. The van der Waals surface area contributed by atoms with Gasteiger partial charge in [0.15, 0.2) is 0 Å². The lowest BCUT2D eigenvalue weighted by atomic mass is 10.1. The van der Waals surface area contributed by atoms with E-state index in [4.69, 9.17) is 9.47 Å². The van der Waals surface area contributed by atoms with Crippen LogP contribution < -0.4 is 9.47 Å². The van der Waals surface area contributed by atoms with Gasteiger partial charge in [0.2, 0.25) is 0 Å². The smallest absolute Gasteiger partial charge is 0.146 e. The molecule has 100 valence electrons. The minimum Gasteiger partial charge on any atom is -0.496 e. The molecule has 1 aromatic heterocycles. The molecule has 0 unspecified atom stereocenters. The molecule has 0 aliphatic rings. The molecule has 2 rings (SSSR count). The van der Waals surface area contributed by atoms with Gasteiger partial charge in [-0.1, -0.05) is 6.07 Å². The molecule has 1 aromatic carbocycles. The summed E-state index contributed by atoms with van der Waals surface area (Å²) in [6, 6.07) is 7.18. The number of pyridine rings is 1. The zero-order chi connectivity index (χ0) is 13.8. The van der Waals surface area contributed by atoms with Gasteiger partial charge in [-0.05, 0) is 41.1 Å². The van der Waals surface area contributed by atoms with Crippen molar-refractivity contribution in [3.63, 3.8) is 0 Å². The number of nitrogens with zero attached hydrogens (tertiary/aromatic N) is 1. The number of aromatic nitrogens is 1. The van der Waals surface area contributed by atoms with Crippen LogP contribution in [0.3, 0.4) is 0 Å². The Labute approximate surface area is 120 Å². The van der Waals surface area contributed by atoms with Crippen molar-refractivity contribution in [3.05, 3.63) is 46.7 Å². The fraction of sp³-hybridized carbons (Fsp3) is 0.214. The van der Waals surface area contributed by atoms with Gasteiger partial charge >= 0.3 is 0 Å². The molecule has 19 heavy (non-hydrogen) atoms. The van der Waals surface area contributed by atoms with Crippen molar-refractivity contribution < 1.29 is 14.6 Å². The first-order valence-corrected chi connectivity index (χ1v) is 6.54. The summed E-state index contributed by atoms with van der Waals surface area (Å²) < 4.78 is 11.8. The minimum absolute atomic E-state index is 0.550. The van der Waals surface area contributed by atoms with Crippen LogP contribution in [0.1, 0.15) is 18.6 Å². The van der Waals surface area contributed by atoms with E-state index in [2.05, 4.69) is 20.9 Å². The van der Waals surface area contributed by atoms with Crippen molar-refractivity contribution >= 4 is 15.9 Å². The van der Waals surface area contributed by atoms with Crippen LogP contribution in [0, 0.1) is 0 Å². The Morgan fingerprint density at radius 1 is 1.26 bits per heavy atom. The highest BCUT2D eigenvalue weighted by atomic mass is 79.9. The average Bonchev–Trinajstić information content (AvgIpc) is 2.38. The molecule has 0 amide bonds. The molecule has 1 heterocycles. The Hall–Kier alpha value is -1.59. The van der Waals surface area contributed by atoms with Crippen LogP contribution in [0.4, 0.5) is 0 Å². The van der Waals surface area contributed by atoms with Gasteiger partial charge in [-0.3, -0.25) is 4.98 Å². The van der Waals surface area contributed by atoms with Gasteiger partial charge in [-0.2, -0.15) is 0 Å². The van der Waals surface area contributed by atoms with E-state index in [1.165, 1.54) is 0 Å². The normalized spacial score (nSPS) is 12.0. The van der Waals surface area contributed by atoms with Crippen LogP contribution in [0.25, 0.3) is 0 Å². The molecular weight excluding hydrogens is 310 g/mol. The molecule has 0 radical (unpaired) electrons. The summed E-state index contributed by atoms with van der Waals surface area (Å²) in [6.07, 6.45) is 2.59. The van der Waals surface area contributed by atoms with E-state index in [1.54, 1.807) is 44.6 Å². The van der Waals surface area contributed by atoms with Crippen molar-refractivity contribution in [2.24, 2.45) is 0 Å². The van der Waals surface area contributed by atoms with Crippen molar-refractivity contribution in [2.45, 2.75) is 13.0 Å². The summed E-state index contributed by atoms with van der Waals surface area (Å²) >= 11 is 3.33. The van der Waals surface area contributed by atoms with E-state index in [-0.39, 0.29) is 0 Å². The summed E-state index contributed by atoms with van der Waals surface area (Å²) in [5.74, 6) is 1.73. The highest BCUT2D eigenvalue weighted by Crippen LogP contribution is 2.36. The maximum absolute atomic E-state index is 9.86. The second-order valence-electron chi connectivity index (χ2n) is 3.99. The van der Waals surface area contributed by atoms with Crippen LogP contribution in [0.5, 0.6) is 17.2 Å². The zero-order valence-corrected chi connectivity index (χ0v) is 12.2. The van der Waals surface area contributed by atoms with Crippen LogP contribution >= 0.6 is 15.9 Å². The predicted octanol–water partition coefficient (Wildman–Crippen LogP) is 3.70. The van der Waals surface area contributed by atoms with Gasteiger partial charge in [-0.15, -0.1) is 0 Å². The number of halogens is 1. The first-order chi connectivity index (χ1) is 9.11. The lowest BCUT2D eigenvalue weighted by Gasteiger charge is -2.16. The number of benzene rings is 1. The van der Waals surface area contributed by atoms with E-state index in [0.717, 1.165) is 4.47 Å². The van der Waals surface area contributed by atoms with Gasteiger partial charge in [0, 0.05) is 10.7 Å². The summed E-state index contributed by atoms with van der Waals surface area (Å²) in [6.45, 7) is 1.67. The molecule has 0 spiro atoms. The molecule has 0 aliphatic heterocycles. The number of aliphatic hydroxyl groups excluding tert-OH is 1. The SMILES string of the molecule is COc1cccc(Oc2cncc(Br)c2)c1[C@H](C)O. The summed E-state index contributed by atoms with van der Waals surface area (Å²) in [7, 11) is 1.56. The Kier molecular flexibility index (Phi) is 4.39. The molecular formula is C14H14BrNO3. The Balaban J connectivity index is 2.39. The maximum Gasteiger partial charge on any atom is 0.146 e. The number of hydrogen-bond donors (Lipinski definition) is 1. The third-order valence-corrected chi connectivity index (χ3v) is 3.01. The molecule has 0 aliphatic carbocycles. The molecule has 0 bridgehead atoms. The quantitative estimate of drug-likeness (QED) is 0.932. The van der Waals surface area contributed by atoms with E-state index in [0.29, 0.717) is 22.8 Å². The van der Waals surface area contributed by atoms with Gasteiger partial charge in [-0.25, -0.2) is 0 Å². The standard InChI is InChI=1S/C14H14BrNO3/c1-9(17)14-12(18-2)4-3-5-13(14)19-11-6-10(15)7-16-8-11/h3-9,17H,1-2H3/t9-/m0/s1. The lowest BCUT2D eigenvalue weighted by Crippen LogP contribution is -2.00. The molecule has 0 saturated carbocycles. The van der Waals surface area contributed by atoms with Crippen molar-refractivity contribution in [3.8, 4) is 17.2 Å². The molecule has 2 aromatic rings. The first kappa shape index (κ1) is 13.8. The van der Waals surface area contributed by atoms with Crippen LogP contribution in [0.2, 0.25) is 0 Å². The molecule has 0 saturated heterocycles. The molecule has 1 atom stereocenters. The number of ether oxygens (including phenoxy) is 2.